The fourth-order valence-electron chi connectivity index (χ4n) is 2.78. The van der Waals surface area contributed by atoms with Crippen molar-refractivity contribution in [3.8, 4) is 11.3 Å². The third-order valence-corrected chi connectivity index (χ3v) is 6.41. The molecule has 0 saturated heterocycles. The van der Waals surface area contributed by atoms with Crippen molar-refractivity contribution in [1.82, 2.24) is 24.6 Å². The predicted molar refractivity (Wildman–Crippen MR) is 116 cm³/mol. The Labute approximate surface area is 176 Å². The number of thiazole rings is 1. The number of amides is 1. The van der Waals surface area contributed by atoms with Crippen LogP contribution in [0.1, 0.15) is 23.9 Å². The van der Waals surface area contributed by atoms with E-state index < -0.39 is 0 Å². The first kappa shape index (κ1) is 19.5. The van der Waals surface area contributed by atoms with Crippen LogP contribution in [0.5, 0.6) is 0 Å². The van der Waals surface area contributed by atoms with Crippen molar-refractivity contribution in [2.45, 2.75) is 38.1 Å². The molecule has 4 rings (SSSR count). The summed E-state index contributed by atoms with van der Waals surface area (Å²) in [5.41, 5.74) is 4.89. The molecule has 1 N–H and O–H groups in total. The average molecular weight is 425 g/mol. The summed E-state index contributed by atoms with van der Waals surface area (Å²) in [5, 5.41) is 10.0. The fraction of sp³-hybridized carbons (Fsp3) is 0.250. The van der Waals surface area contributed by atoms with E-state index in [-0.39, 0.29) is 11.2 Å². The third-order valence-electron chi connectivity index (χ3n) is 4.70. The first-order valence-corrected chi connectivity index (χ1v) is 10.9. The molecule has 0 aliphatic heterocycles. The first-order chi connectivity index (χ1) is 13.9. The molecule has 1 aromatic carbocycles. The Hall–Kier alpha value is -2.78. The molecule has 0 bridgehead atoms. The van der Waals surface area contributed by atoms with Crippen LogP contribution in [0.3, 0.4) is 0 Å². The van der Waals surface area contributed by atoms with Gasteiger partial charge in [-0.05, 0) is 33.3 Å². The molecule has 0 saturated carbocycles. The molecule has 1 atom stereocenters. The Morgan fingerprint density at radius 3 is 2.66 bits per heavy atom. The van der Waals surface area contributed by atoms with E-state index in [0.29, 0.717) is 16.1 Å². The highest BCUT2D eigenvalue weighted by Crippen LogP contribution is 2.26. The Morgan fingerprint density at radius 2 is 1.90 bits per heavy atom. The van der Waals surface area contributed by atoms with Gasteiger partial charge >= 0.3 is 0 Å². The summed E-state index contributed by atoms with van der Waals surface area (Å²) in [6.07, 6.45) is 0. The van der Waals surface area contributed by atoms with Crippen molar-refractivity contribution in [2.75, 3.05) is 5.32 Å². The number of rotatable bonds is 5. The van der Waals surface area contributed by atoms with Gasteiger partial charge in [-0.15, -0.1) is 16.4 Å². The van der Waals surface area contributed by atoms with Crippen LogP contribution in [0.4, 0.5) is 5.13 Å². The summed E-state index contributed by atoms with van der Waals surface area (Å²) in [6, 6.07) is 9.88. The zero-order chi connectivity index (χ0) is 20.5. The second kappa shape index (κ2) is 7.92. The molecule has 3 aromatic heterocycles. The Kier molecular flexibility index (Phi) is 5.33. The number of nitrogens with one attached hydrogen (secondary N) is 1. The van der Waals surface area contributed by atoms with Gasteiger partial charge in [-0.2, -0.15) is 4.98 Å². The van der Waals surface area contributed by atoms with Gasteiger partial charge in [0.25, 0.3) is 5.78 Å². The molecule has 1 amide bonds. The van der Waals surface area contributed by atoms with Crippen LogP contribution in [0, 0.1) is 20.8 Å². The molecule has 1 unspecified atom stereocenters. The van der Waals surface area contributed by atoms with Gasteiger partial charge < -0.3 is 5.32 Å². The zero-order valence-electron chi connectivity index (χ0n) is 16.5. The summed E-state index contributed by atoms with van der Waals surface area (Å²) < 4.78 is 1.72. The highest BCUT2D eigenvalue weighted by atomic mass is 32.2. The van der Waals surface area contributed by atoms with Gasteiger partial charge in [0, 0.05) is 22.3 Å². The van der Waals surface area contributed by atoms with Crippen LogP contribution >= 0.6 is 23.1 Å². The minimum Gasteiger partial charge on any atom is -0.301 e. The molecule has 3 heterocycles. The number of carbonyl (C=O) groups excluding carboxylic acids is 1. The smallest absolute Gasteiger partial charge is 0.253 e. The summed E-state index contributed by atoms with van der Waals surface area (Å²) in [4.78, 5) is 26.1. The van der Waals surface area contributed by atoms with Crippen molar-refractivity contribution in [3.63, 3.8) is 0 Å². The van der Waals surface area contributed by atoms with E-state index in [4.69, 9.17) is 0 Å². The number of fused-ring (bicyclic) bond motifs is 1. The maximum Gasteiger partial charge on any atom is 0.253 e. The summed E-state index contributed by atoms with van der Waals surface area (Å²) in [6.45, 7) is 7.79. The lowest BCUT2D eigenvalue weighted by Crippen LogP contribution is -2.22. The van der Waals surface area contributed by atoms with E-state index in [1.54, 1.807) is 4.52 Å². The van der Waals surface area contributed by atoms with E-state index in [1.165, 1.54) is 23.1 Å². The van der Waals surface area contributed by atoms with Gasteiger partial charge in [0.2, 0.25) is 11.1 Å². The standard InChI is InChI=1S/C20H20N6OS2/c1-11-12(2)21-18-24-20(25-26(18)13(11)3)29-14(4)17(27)23-19-22-16(10-28-19)15-8-6-5-7-9-15/h5-10,14H,1-4H3,(H,22,23,27). The zero-order valence-corrected chi connectivity index (χ0v) is 18.1. The number of thioether (sulfide) groups is 1. The topological polar surface area (TPSA) is 85.1 Å². The van der Waals surface area contributed by atoms with E-state index >= 15 is 0 Å². The number of anilines is 1. The molecule has 0 aliphatic carbocycles. The molecule has 0 aliphatic rings. The number of hydrogen-bond donors (Lipinski definition) is 1. The van der Waals surface area contributed by atoms with Crippen LogP contribution < -0.4 is 5.32 Å². The monoisotopic (exact) mass is 424 g/mol. The summed E-state index contributed by atoms with van der Waals surface area (Å²) in [5.74, 6) is 0.410. The highest BCUT2D eigenvalue weighted by molar-refractivity contribution is 8.00. The minimum absolute atomic E-state index is 0.139. The molecule has 0 spiro atoms. The lowest BCUT2D eigenvalue weighted by molar-refractivity contribution is -0.115. The van der Waals surface area contributed by atoms with Crippen LogP contribution in [-0.2, 0) is 4.79 Å². The Bertz CT molecular complexity index is 1180. The van der Waals surface area contributed by atoms with Crippen molar-refractivity contribution < 1.29 is 4.79 Å². The molecule has 7 nitrogen and oxygen atoms in total. The first-order valence-electron chi connectivity index (χ1n) is 9.11. The van der Waals surface area contributed by atoms with Gasteiger partial charge in [-0.3, -0.25) is 4.79 Å². The van der Waals surface area contributed by atoms with Crippen molar-refractivity contribution >= 4 is 39.9 Å². The molecular weight excluding hydrogens is 404 g/mol. The number of benzene rings is 1. The van der Waals surface area contributed by atoms with E-state index in [2.05, 4.69) is 25.4 Å². The molecule has 4 aromatic rings. The molecule has 0 fully saturated rings. The van der Waals surface area contributed by atoms with E-state index in [0.717, 1.165) is 28.2 Å². The molecule has 9 heteroatoms. The maximum atomic E-state index is 12.6. The molecule has 148 valence electrons. The van der Waals surface area contributed by atoms with Gasteiger partial charge in [-0.1, -0.05) is 42.1 Å². The van der Waals surface area contributed by atoms with Gasteiger partial charge in [0.1, 0.15) is 0 Å². The maximum absolute atomic E-state index is 12.6. The largest absolute Gasteiger partial charge is 0.301 e. The van der Waals surface area contributed by atoms with E-state index in [9.17, 15) is 4.79 Å². The van der Waals surface area contributed by atoms with E-state index in [1.807, 2.05) is 63.4 Å². The molecular formula is C20H20N6OS2. The summed E-state index contributed by atoms with van der Waals surface area (Å²) >= 11 is 2.71. The predicted octanol–water partition coefficient (Wildman–Crippen LogP) is 4.29. The SMILES string of the molecule is Cc1nc2nc(SC(C)C(=O)Nc3nc(-c4ccccc4)cs3)nn2c(C)c1C. The van der Waals surface area contributed by atoms with Crippen molar-refractivity contribution in [1.29, 1.82) is 0 Å². The Balaban J connectivity index is 1.46. The number of aromatic nitrogens is 5. The van der Waals surface area contributed by atoms with Crippen molar-refractivity contribution in [2.24, 2.45) is 0 Å². The highest BCUT2D eigenvalue weighted by Gasteiger charge is 2.20. The van der Waals surface area contributed by atoms with Crippen LogP contribution in [0.15, 0.2) is 40.9 Å². The molecule has 29 heavy (non-hydrogen) atoms. The lowest BCUT2D eigenvalue weighted by atomic mass is 10.2. The lowest BCUT2D eigenvalue weighted by Gasteiger charge is -2.07. The van der Waals surface area contributed by atoms with Gasteiger partial charge in [0.15, 0.2) is 5.13 Å². The number of hydrogen-bond acceptors (Lipinski definition) is 7. The number of nitrogens with zero attached hydrogens (tertiary/aromatic N) is 5. The fourth-order valence-corrected chi connectivity index (χ4v) is 4.25. The van der Waals surface area contributed by atoms with Crippen LogP contribution in [0.2, 0.25) is 0 Å². The minimum atomic E-state index is -0.376. The second-order valence-electron chi connectivity index (χ2n) is 6.67. The normalized spacial score (nSPS) is 12.3. The number of aryl methyl sites for hydroxylation is 2. The summed E-state index contributed by atoms with van der Waals surface area (Å²) in [7, 11) is 0. The Morgan fingerprint density at radius 1 is 1.14 bits per heavy atom. The van der Waals surface area contributed by atoms with Gasteiger partial charge in [-0.25, -0.2) is 14.5 Å². The average Bonchev–Trinajstić information content (AvgIpc) is 3.34. The number of carbonyl (C=O) groups is 1. The van der Waals surface area contributed by atoms with Crippen molar-refractivity contribution in [3.05, 3.63) is 52.7 Å². The molecule has 0 radical (unpaired) electrons. The van der Waals surface area contributed by atoms with Crippen LogP contribution in [0.25, 0.3) is 17.0 Å². The van der Waals surface area contributed by atoms with Crippen LogP contribution in [-0.4, -0.2) is 35.7 Å². The third kappa shape index (κ3) is 4.01. The quantitative estimate of drug-likeness (QED) is 0.481. The second-order valence-corrected chi connectivity index (χ2v) is 8.83. The van der Waals surface area contributed by atoms with Gasteiger partial charge in [0.05, 0.1) is 10.9 Å².